The van der Waals surface area contributed by atoms with Gasteiger partial charge in [-0.15, -0.1) is 10.2 Å². The Morgan fingerprint density at radius 1 is 0.895 bits per heavy atom. The van der Waals surface area contributed by atoms with Crippen LogP contribution in [0.4, 0.5) is 5.69 Å². The van der Waals surface area contributed by atoms with Crippen LogP contribution in [0.3, 0.4) is 0 Å². The molecule has 5 rings (SSSR count). The van der Waals surface area contributed by atoms with Crippen LogP contribution in [-0.2, 0) is 4.79 Å². The van der Waals surface area contributed by atoms with Crippen molar-refractivity contribution >= 4 is 46.6 Å². The molecule has 0 aliphatic carbocycles. The number of nitrogens with one attached hydrogen (secondary N) is 1. The Balaban J connectivity index is 1.31. The molecule has 5 aromatic rings. The van der Waals surface area contributed by atoms with E-state index in [1.54, 1.807) is 24.3 Å². The number of aromatic nitrogens is 3. The number of thioether (sulfide) groups is 1. The van der Waals surface area contributed by atoms with Crippen LogP contribution in [-0.4, -0.2) is 26.4 Å². The van der Waals surface area contributed by atoms with E-state index >= 15 is 0 Å². The van der Waals surface area contributed by atoms with Crippen molar-refractivity contribution in [2.45, 2.75) is 12.1 Å². The Morgan fingerprint density at radius 2 is 1.66 bits per heavy atom. The lowest BCUT2D eigenvalue weighted by molar-refractivity contribution is -0.113. The zero-order valence-electron chi connectivity index (χ0n) is 20.3. The Morgan fingerprint density at radius 3 is 2.39 bits per heavy atom. The quantitative estimate of drug-likeness (QED) is 0.194. The summed E-state index contributed by atoms with van der Waals surface area (Å²) in [7, 11) is 0. The molecule has 0 unspecified atom stereocenters. The number of rotatable bonds is 8. The van der Waals surface area contributed by atoms with E-state index in [0.717, 1.165) is 17.0 Å². The number of carbonyl (C=O) groups is 1. The highest BCUT2D eigenvalue weighted by atomic mass is 35.5. The summed E-state index contributed by atoms with van der Waals surface area (Å²) in [5.41, 5.74) is 3.31. The van der Waals surface area contributed by atoms with E-state index in [-0.39, 0.29) is 11.7 Å². The third-order valence-corrected chi connectivity index (χ3v) is 6.99. The predicted octanol–water partition coefficient (Wildman–Crippen LogP) is 8.07. The fraction of sp³-hybridized carbons (Fsp3) is 0.0690. The molecule has 1 aromatic heterocycles. The molecule has 0 saturated heterocycles. The zero-order chi connectivity index (χ0) is 26.5. The summed E-state index contributed by atoms with van der Waals surface area (Å²) in [5, 5.41) is 13.3. The largest absolute Gasteiger partial charge is 0.457 e. The molecule has 0 saturated carbocycles. The van der Waals surface area contributed by atoms with Crippen molar-refractivity contribution in [3.63, 3.8) is 0 Å². The summed E-state index contributed by atoms with van der Waals surface area (Å²) >= 11 is 13.9. The smallest absolute Gasteiger partial charge is 0.234 e. The summed E-state index contributed by atoms with van der Waals surface area (Å²) in [5.74, 6) is 1.97. The molecule has 0 radical (unpaired) electrons. The Bertz CT molecular complexity index is 1570. The molecule has 0 atom stereocenters. The third-order valence-electron chi connectivity index (χ3n) is 5.51. The predicted molar refractivity (Wildman–Crippen MR) is 154 cm³/mol. The minimum Gasteiger partial charge on any atom is -0.457 e. The van der Waals surface area contributed by atoms with Crippen LogP contribution in [0, 0.1) is 6.92 Å². The van der Waals surface area contributed by atoms with Crippen molar-refractivity contribution in [1.82, 2.24) is 14.8 Å². The maximum Gasteiger partial charge on any atom is 0.234 e. The van der Waals surface area contributed by atoms with Crippen LogP contribution in [0.1, 0.15) is 5.56 Å². The first-order chi connectivity index (χ1) is 18.5. The van der Waals surface area contributed by atoms with Gasteiger partial charge in [-0.3, -0.25) is 9.36 Å². The van der Waals surface area contributed by atoms with E-state index in [9.17, 15) is 4.79 Å². The number of halogens is 2. The van der Waals surface area contributed by atoms with Gasteiger partial charge < -0.3 is 10.1 Å². The van der Waals surface area contributed by atoms with Crippen molar-refractivity contribution in [2.24, 2.45) is 0 Å². The molecule has 0 bridgehead atoms. The third kappa shape index (κ3) is 6.19. The normalized spacial score (nSPS) is 10.8. The lowest BCUT2D eigenvalue weighted by Crippen LogP contribution is -2.14. The summed E-state index contributed by atoms with van der Waals surface area (Å²) in [6, 6.07) is 30.0. The molecule has 1 amide bonds. The van der Waals surface area contributed by atoms with E-state index in [4.69, 9.17) is 27.9 Å². The fourth-order valence-electron chi connectivity index (χ4n) is 3.77. The number of amides is 1. The van der Waals surface area contributed by atoms with Gasteiger partial charge in [0.05, 0.1) is 10.8 Å². The lowest BCUT2D eigenvalue weighted by atomic mass is 10.2. The van der Waals surface area contributed by atoms with Gasteiger partial charge in [0.1, 0.15) is 11.5 Å². The van der Waals surface area contributed by atoms with Gasteiger partial charge >= 0.3 is 0 Å². The number of ether oxygens (including phenoxy) is 1. The Kier molecular flexibility index (Phi) is 7.98. The molecule has 9 heteroatoms. The van der Waals surface area contributed by atoms with Gasteiger partial charge in [-0.25, -0.2) is 0 Å². The van der Waals surface area contributed by atoms with Gasteiger partial charge in [-0.1, -0.05) is 65.3 Å². The Hall–Kier alpha value is -3.78. The van der Waals surface area contributed by atoms with Crippen molar-refractivity contribution < 1.29 is 9.53 Å². The van der Waals surface area contributed by atoms with Gasteiger partial charge in [0.15, 0.2) is 11.0 Å². The fourth-order valence-corrected chi connectivity index (χ4v) is 5.01. The van der Waals surface area contributed by atoms with Crippen molar-refractivity contribution in [3.05, 3.63) is 113 Å². The molecule has 190 valence electrons. The second-order valence-electron chi connectivity index (χ2n) is 8.38. The second-order valence-corrected chi connectivity index (χ2v) is 10.2. The van der Waals surface area contributed by atoms with Crippen LogP contribution < -0.4 is 10.1 Å². The number of hydrogen-bond donors (Lipinski definition) is 1. The summed E-state index contributed by atoms with van der Waals surface area (Å²) < 4.78 is 7.71. The Labute approximate surface area is 234 Å². The molecule has 4 aromatic carbocycles. The van der Waals surface area contributed by atoms with Gasteiger partial charge in [-0.2, -0.15) is 0 Å². The van der Waals surface area contributed by atoms with E-state index in [0.29, 0.717) is 38.0 Å². The van der Waals surface area contributed by atoms with Gasteiger partial charge in [0, 0.05) is 22.0 Å². The first-order valence-corrected chi connectivity index (χ1v) is 13.4. The van der Waals surface area contributed by atoms with Crippen molar-refractivity contribution in [2.75, 3.05) is 11.1 Å². The molecule has 38 heavy (non-hydrogen) atoms. The van der Waals surface area contributed by atoms with E-state index < -0.39 is 0 Å². The monoisotopic (exact) mass is 560 g/mol. The maximum atomic E-state index is 12.8. The average molecular weight is 561 g/mol. The molecule has 1 N–H and O–H groups in total. The van der Waals surface area contributed by atoms with Gasteiger partial charge in [0.2, 0.25) is 5.91 Å². The van der Waals surface area contributed by atoms with Crippen LogP contribution in [0.25, 0.3) is 17.1 Å². The summed E-state index contributed by atoms with van der Waals surface area (Å²) in [6.45, 7) is 2.01. The van der Waals surface area contributed by atoms with E-state index in [1.807, 2.05) is 84.3 Å². The average Bonchev–Trinajstić information content (AvgIpc) is 3.33. The summed E-state index contributed by atoms with van der Waals surface area (Å²) in [4.78, 5) is 12.8. The van der Waals surface area contributed by atoms with Crippen molar-refractivity contribution in [1.29, 1.82) is 0 Å². The molecular formula is C29H22Cl2N4O2S. The van der Waals surface area contributed by atoms with Crippen LogP contribution >= 0.6 is 35.0 Å². The second kappa shape index (κ2) is 11.7. The number of benzene rings is 4. The number of aryl methyl sites for hydroxylation is 1. The molecule has 0 aliphatic rings. The SMILES string of the molecule is Cc1cccc(-n2c(SCC(=O)Nc3ccc(Oc4ccccc4)cc3)nnc2-c2ccc(Cl)cc2Cl)c1. The first kappa shape index (κ1) is 25.9. The number of anilines is 1. The highest BCUT2D eigenvalue weighted by Crippen LogP contribution is 2.34. The molecule has 0 aliphatic heterocycles. The zero-order valence-corrected chi connectivity index (χ0v) is 22.6. The number of hydrogen-bond acceptors (Lipinski definition) is 5. The van der Waals surface area contributed by atoms with Crippen LogP contribution in [0.5, 0.6) is 11.5 Å². The van der Waals surface area contributed by atoms with Gasteiger partial charge in [-0.05, 0) is 79.2 Å². The number of para-hydroxylation sites is 1. The van der Waals surface area contributed by atoms with Crippen molar-refractivity contribution in [3.8, 4) is 28.6 Å². The standard InChI is InChI=1S/C29H22Cl2N4O2S/c1-19-6-5-7-22(16-19)35-28(25-15-10-20(30)17-26(25)31)33-34-29(35)38-18-27(36)32-21-11-13-24(14-12-21)37-23-8-3-2-4-9-23/h2-17H,18H2,1H3,(H,32,36). The molecule has 0 fully saturated rings. The van der Waals surface area contributed by atoms with E-state index in [2.05, 4.69) is 15.5 Å². The minimum atomic E-state index is -0.170. The topological polar surface area (TPSA) is 69.0 Å². The highest BCUT2D eigenvalue weighted by molar-refractivity contribution is 7.99. The molecule has 0 spiro atoms. The van der Waals surface area contributed by atoms with E-state index in [1.165, 1.54) is 11.8 Å². The minimum absolute atomic E-state index is 0.139. The molecular weight excluding hydrogens is 539 g/mol. The maximum absolute atomic E-state index is 12.8. The van der Waals surface area contributed by atoms with Crippen LogP contribution in [0.2, 0.25) is 10.0 Å². The molecule has 6 nitrogen and oxygen atoms in total. The number of nitrogens with zero attached hydrogens (tertiary/aromatic N) is 3. The highest BCUT2D eigenvalue weighted by Gasteiger charge is 2.19. The summed E-state index contributed by atoms with van der Waals surface area (Å²) in [6.07, 6.45) is 0. The van der Waals surface area contributed by atoms with Gasteiger partial charge in [0.25, 0.3) is 0 Å². The first-order valence-electron chi connectivity index (χ1n) is 11.7. The number of carbonyl (C=O) groups excluding carboxylic acids is 1. The van der Waals surface area contributed by atoms with Crippen LogP contribution in [0.15, 0.2) is 102 Å². The molecule has 1 heterocycles. The lowest BCUT2D eigenvalue weighted by Gasteiger charge is -2.12.